The summed E-state index contributed by atoms with van der Waals surface area (Å²) in [5.74, 6) is 1.04. The van der Waals surface area contributed by atoms with Crippen LogP contribution in [0, 0.1) is 5.92 Å². The fourth-order valence-electron chi connectivity index (χ4n) is 2.42. The van der Waals surface area contributed by atoms with Crippen molar-refractivity contribution in [2.45, 2.75) is 25.2 Å². The van der Waals surface area contributed by atoms with Gasteiger partial charge in [-0.3, -0.25) is 4.79 Å². The molecule has 98 valence electrons. The van der Waals surface area contributed by atoms with Crippen LogP contribution in [0.3, 0.4) is 0 Å². The summed E-state index contributed by atoms with van der Waals surface area (Å²) in [7, 11) is 3.18. The average Bonchev–Trinajstić information content (AvgIpc) is 3.18. The van der Waals surface area contributed by atoms with Gasteiger partial charge in [0.05, 0.1) is 20.6 Å². The van der Waals surface area contributed by atoms with Gasteiger partial charge in [0.25, 0.3) is 0 Å². The maximum atomic E-state index is 11.0. The van der Waals surface area contributed by atoms with Gasteiger partial charge in [0.2, 0.25) is 0 Å². The molecule has 0 saturated heterocycles. The molecular weight excluding hydrogens is 232 g/mol. The zero-order chi connectivity index (χ0) is 13.1. The number of rotatable bonds is 6. The number of para-hydroxylation sites is 1. The Morgan fingerprint density at radius 1 is 1.39 bits per heavy atom. The monoisotopic (exact) mass is 250 g/mol. The number of carbonyl (C=O) groups is 1. The van der Waals surface area contributed by atoms with Crippen molar-refractivity contribution in [3.63, 3.8) is 0 Å². The quantitative estimate of drug-likeness (QED) is 0.843. The highest BCUT2D eigenvalue weighted by Gasteiger charge is 2.35. The molecular formula is C14H18O4. The van der Waals surface area contributed by atoms with Crippen LogP contribution in [0.2, 0.25) is 0 Å². The number of methoxy groups -OCH3 is 2. The van der Waals surface area contributed by atoms with E-state index in [1.54, 1.807) is 14.2 Å². The SMILES string of the molecule is COc1cccc(C(CC(=O)O)C2CC2)c1OC. The first-order valence-electron chi connectivity index (χ1n) is 6.10. The normalized spacial score (nSPS) is 16.1. The lowest BCUT2D eigenvalue weighted by Crippen LogP contribution is -2.10. The fraction of sp³-hybridized carbons (Fsp3) is 0.500. The van der Waals surface area contributed by atoms with Crippen LogP contribution in [0.1, 0.15) is 30.7 Å². The van der Waals surface area contributed by atoms with Crippen LogP contribution in [0.4, 0.5) is 0 Å². The van der Waals surface area contributed by atoms with Gasteiger partial charge in [-0.2, -0.15) is 0 Å². The molecule has 0 bridgehead atoms. The Bertz CT molecular complexity index is 437. The topological polar surface area (TPSA) is 55.8 Å². The van der Waals surface area contributed by atoms with E-state index >= 15 is 0 Å². The molecule has 4 nitrogen and oxygen atoms in total. The minimum Gasteiger partial charge on any atom is -0.493 e. The molecule has 2 rings (SSSR count). The second kappa shape index (κ2) is 5.29. The van der Waals surface area contributed by atoms with Gasteiger partial charge in [-0.15, -0.1) is 0 Å². The molecule has 1 aromatic carbocycles. The smallest absolute Gasteiger partial charge is 0.303 e. The van der Waals surface area contributed by atoms with Crippen LogP contribution < -0.4 is 9.47 Å². The van der Waals surface area contributed by atoms with Gasteiger partial charge in [0.1, 0.15) is 0 Å². The molecule has 0 amide bonds. The first kappa shape index (κ1) is 12.7. The summed E-state index contributed by atoms with van der Waals surface area (Å²) in [6.07, 6.45) is 2.34. The number of carboxylic acids is 1. The van der Waals surface area contributed by atoms with Crippen molar-refractivity contribution in [1.29, 1.82) is 0 Å². The highest BCUT2D eigenvalue weighted by atomic mass is 16.5. The van der Waals surface area contributed by atoms with Gasteiger partial charge < -0.3 is 14.6 Å². The van der Waals surface area contributed by atoms with Crippen molar-refractivity contribution >= 4 is 5.97 Å². The predicted octanol–water partition coefficient (Wildman–Crippen LogP) is 2.67. The van der Waals surface area contributed by atoms with E-state index in [-0.39, 0.29) is 12.3 Å². The second-order valence-electron chi connectivity index (χ2n) is 4.62. The van der Waals surface area contributed by atoms with E-state index < -0.39 is 5.97 Å². The average molecular weight is 250 g/mol. The summed E-state index contributed by atoms with van der Waals surface area (Å²) in [5, 5.41) is 9.04. The highest BCUT2D eigenvalue weighted by molar-refractivity contribution is 5.69. The van der Waals surface area contributed by atoms with E-state index in [2.05, 4.69) is 0 Å². The first-order valence-corrected chi connectivity index (χ1v) is 6.10. The number of hydrogen-bond acceptors (Lipinski definition) is 3. The lowest BCUT2D eigenvalue weighted by molar-refractivity contribution is -0.137. The Morgan fingerprint density at radius 3 is 2.61 bits per heavy atom. The van der Waals surface area contributed by atoms with E-state index in [9.17, 15) is 4.79 Å². The van der Waals surface area contributed by atoms with Crippen LogP contribution in [0.15, 0.2) is 18.2 Å². The molecule has 18 heavy (non-hydrogen) atoms. The van der Waals surface area contributed by atoms with Crippen molar-refractivity contribution in [2.24, 2.45) is 5.92 Å². The summed E-state index contributed by atoms with van der Waals surface area (Å²) in [6.45, 7) is 0. The molecule has 1 unspecified atom stereocenters. The first-order chi connectivity index (χ1) is 8.67. The minimum atomic E-state index is -0.767. The molecule has 0 aliphatic heterocycles. The standard InChI is InChI=1S/C14H18O4/c1-17-12-5-3-4-10(14(12)18-2)11(8-13(15)16)9-6-7-9/h3-5,9,11H,6-8H2,1-2H3,(H,15,16). The zero-order valence-electron chi connectivity index (χ0n) is 10.7. The Labute approximate surface area is 107 Å². The summed E-state index contributed by atoms with van der Waals surface area (Å²) in [6, 6.07) is 5.65. The van der Waals surface area contributed by atoms with E-state index in [1.807, 2.05) is 18.2 Å². The molecule has 1 aliphatic rings. The molecule has 0 heterocycles. The minimum absolute atomic E-state index is 0.0209. The van der Waals surface area contributed by atoms with Crippen LogP contribution in [-0.2, 0) is 4.79 Å². The second-order valence-corrected chi connectivity index (χ2v) is 4.62. The van der Waals surface area contributed by atoms with Gasteiger partial charge in [-0.05, 0) is 24.8 Å². The molecule has 1 N–H and O–H groups in total. The number of ether oxygens (including phenoxy) is 2. The summed E-state index contributed by atoms with van der Waals surface area (Å²) < 4.78 is 10.6. The summed E-state index contributed by atoms with van der Waals surface area (Å²) in [4.78, 5) is 11.0. The van der Waals surface area contributed by atoms with E-state index in [4.69, 9.17) is 14.6 Å². The molecule has 1 fully saturated rings. The highest BCUT2D eigenvalue weighted by Crippen LogP contribution is 2.48. The fourth-order valence-corrected chi connectivity index (χ4v) is 2.42. The van der Waals surface area contributed by atoms with Gasteiger partial charge >= 0.3 is 5.97 Å². The predicted molar refractivity (Wildman–Crippen MR) is 67.3 cm³/mol. The van der Waals surface area contributed by atoms with Crippen LogP contribution in [-0.4, -0.2) is 25.3 Å². The molecule has 0 spiro atoms. The molecule has 1 saturated carbocycles. The molecule has 0 radical (unpaired) electrons. The van der Waals surface area contributed by atoms with Crippen molar-refractivity contribution in [2.75, 3.05) is 14.2 Å². The van der Waals surface area contributed by atoms with Crippen molar-refractivity contribution in [3.05, 3.63) is 23.8 Å². The molecule has 0 aromatic heterocycles. The Kier molecular flexibility index (Phi) is 3.75. The Morgan fingerprint density at radius 2 is 2.11 bits per heavy atom. The lowest BCUT2D eigenvalue weighted by Gasteiger charge is -2.19. The lowest BCUT2D eigenvalue weighted by atomic mass is 9.90. The van der Waals surface area contributed by atoms with Crippen LogP contribution in [0.5, 0.6) is 11.5 Å². The molecule has 1 aromatic rings. The number of hydrogen-bond donors (Lipinski definition) is 1. The Hall–Kier alpha value is -1.71. The van der Waals surface area contributed by atoms with Crippen LogP contribution >= 0.6 is 0 Å². The molecule has 1 aliphatic carbocycles. The van der Waals surface area contributed by atoms with Gasteiger partial charge in [-0.25, -0.2) is 0 Å². The number of aliphatic carboxylic acids is 1. The third-order valence-electron chi connectivity index (χ3n) is 3.42. The van der Waals surface area contributed by atoms with Crippen molar-refractivity contribution in [1.82, 2.24) is 0 Å². The van der Waals surface area contributed by atoms with Gasteiger partial charge in [0, 0.05) is 11.5 Å². The Balaban J connectivity index is 2.36. The number of benzene rings is 1. The largest absolute Gasteiger partial charge is 0.493 e. The zero-order valence-corrected chi connectivity index (χ0v) is 10.7. The van der Waals surface area contributed by atoms with E-state index in [1.165, 1.54) is 0 Å². The molecule has 4 heteroatoms. The summed E-state index contributed by atoms with van der Waals surface area (Å²) >= 11 is 0. The van der Waals surface area contributed by atoms with Gasteiger partial charge in [-0.1, -0.05) is 12.1 Å². The molecule has 1 atom stereocenters. The van der Waals surface area contributed by atoms with Gasteiger partial charge in [0.15, 0.2) is 11.5 Å². The number of carboxylic acid groups (broad SMARTS) is 1. The summed E-state index contributed by atoms with van der Waals surface area (Å²) in [5.41, 5.74) is 0.946. The van der Waals surface area contributed by atoms with Crippen molar-refractivity contribution in [3.8, 4) is 11.5 Å². The van der Waals surface area contributed by atoms with E-state index in [0.29, 0.717) is 17.4 Å². The third kappa shape index (κ3) is 2.58. The van der Waals surface area contributed by atoms with E-state index in [0.717, 1.165) is 18.4 Å². The maximum Gasteiger partial charge on any atom is 0.303 e. The van der Waals surface area contributed by atoms with Crippen molar-refractivity contribution < 1.29 is 19.4 Å². The maximum absolute atomic E-state index is 11.0. The third-order valence-corrected chi connectivity index (χ3v) is 3.42. The van der Waals surface area contributed by atoms with Crippen LogP contribution in [0.25, 0.3) is 0 Å².